The molecule has 0 saturated heterocycles. The molecule has 0 aromatic carbocycles. The number of hydrogen-bond donors (Lipinski definition) is 1. The lowest BCUT2D eigenvalue weighted by Crippen LogP contribution is -2.25. The minimum absolute atomic E-state index is 0.133. The van der Waals surface area contributed by atoms with Gasteiger partial charge in [0.15, 0.2) is 4.96 Å². The molecule has 4 rings (SSSR count). The fourth-order valence-corrected chi connectivity index (χ4v) is 3.53. The molecular weight excluding hydrogens is 286 g/mol. The monoisotopic (exact) mass is 303 g/mol. The van der Waals surface area contributed by atoms with Crippen molar-refractivity contribution in [2.24, 2.45) is 11.7 Å². The molecule has 21 heavy (non-hydrogen) atoms. The van der Waals surface area contributed by atoms with Crippen LogP contribution in [0, 0.1) is 19.8 Å². The lowest BCUT2D eigenvalue weighted by atomic mass is 10.1. The Hall–Kier alpha value is -1.73. The predicted molar refractivity (Wildman–Crippen MR) is 80.2 cm³/mol. The molecule has 0 spiro atoms. The van der Waals surface area contributed by atoms with Crippen molar-refractivity contribution in [3.63, 3.8) is 0 Å². The highest BCUT2D eigenvalue weighted by atomic mass is 32.1. The van der Waals surface area contributed by atoms with Gasteiger partial charge in [-0.2, -0.15) is 4.98 Å². The van der Waals surface area contributed by atoms with Crippen molar-refractivity contribution < 1.29 is 4.52 Å². The third-order valence-electron chi connectivity index (χ3n) is 3.93. The first-order valence-electron chi connectivity index (χ1n) is 7.15. The van der Waals surface area contributed by atoms with Gasteiger partial charge >= 0.3 is 0 Å². The minimum atomic E-state index is 0.133. The van der Waals surface area contributed by atoms with E-state index in [1.165, 1.54) is 17.7 Å². The number of nitrogens with zero attached hydrogens (tertiary/aromatic N) is 4. The van der Waals surface area contributed by atoms with Crippen LogP contribution in [0.4, 0.5) is 0 Å². The van der Waals surface area contributed by atoms with Crippen LogP contribution < -0.4 is 5.73 Å². The Labute approximate surface area is 126 Å². The number of nitrogens with two attached hydrogens (primary N) is 1. The fraction of sp³-hybridized carbons (Fsp3) is 0.500. The predicted octanol–water partition coefficient (Wildman–Crippen LogP) is 2.34. The Balaban J connectivity index is 1.68. The Morgan fingerprint density at radius 2 is 2.24 bits per heavy atom. The summed E-state index contributed by atoms with van der Waals surface area (Å²) in [5.41, 5.74) is 7.94. The van der Waals surface area contributed by atoms with E-state index in [4.69, 9.17) is 10.3 Å². The van der Waals surface area contributed by atoms with Crippen molar-refractivity contribution in [1.29, 1.82) is 0 Å². The second-order valence-corrected chi connectivity index (χ2v) is 6.97. The summed E-state index contributed by atoms with van der Waals surface area (Å²) >= 11 is 1.66. The van der Waals surface area contributed by atoms with Gasteiger partial charge in [-0.15, -0.1) is 11.3 Å². The highest BCUT2D eigenvalue weighted by molar-refractivity contribution is 7.17. The molecule has 0 bridgehead atoms. The molecule has 0 amide bonds. The van der Waals surface area contributed by atoms with E-state index in [0.717, 1.165) is 16.3 Å². The average Bonchev–Trinajstić information content (AvgIpc) is 3.00. The first kappa shape index (κ1) is 13.0. The molecule has 2 N–H and O–H groups in total. The van der Waals surface area contributed by atoms with Crippen LogP contribution in [-0.2, 0) is 6.42 Å². The second kappa shape index (κ2) is 4.64. The third kappa shape index (κ3) is 2.26. The number of rotatable bonds is 4. The molecule has 110 valence electrons. The van der Waals surface area contributed by atoms with Gasteiger partial charge in [0.1, 0.15) is 5.69 Å². The summed E-state index contributed by atoms with van der Waals surface area (Å²) in [6.45, 7) is 4.03. The van der Waals surface area contributed by atoms with E-state index in [1.807, 2.05) is 11.3 Å². The number of aromatic nitrogens is 4. The lowest BCUT2D eigenvalue weighted by Gasteiger charge is -2.04. The number of hydrogen-bond acceptors (Lipinski definition) is 6. The number of fused-ring (bicyclic) bond motifs is 1. The molecule has 1 saturated carbocycles. The standard InChI is InChI=1S/C14H17N5OS/c1-7-6-19-12(8(2)16-14(19)21-7)13-17-11(20-18-13)5-10(15)9-3-4-9/h6,9-10H,3-5,15H2,1-2H3. The van der Waals surface area contributed by atoms with Gasteiger partial charge in [0, 0.05) is 23.5 Å². The fourth-order valence-electron chi connectivity index (χ4n) is 2.66. The zero-order valence-corrected chi connectivity index (χ0v) is 12.9. The lowest BCUT2D eigenvalue weighted by molar-refractivity contribution is 0.363. The SMILES string of the molecule is Cc1cn2c(-c3noc(CC(N)C4CC4)n3)c(C)nc2s1. The molecule has 6 nitrogen and oxygen atoms in total. The zero-order chi connectivity index (χ0) is 14.6. The van der Waals surface area contributed by atoms with Gasteiger partial charge in [-0.05, 0) is 32.6 Å². The maximum Gasteiger partial charge on any atom is 0.228 e. The third-order valence-corrected chi connectivity index (χ3v) is 4.83. The number of imidazole rings is 1. The molecule has 3 aromatic heterocycles. The summed E-state index contributed by atoms with van der Waals surface area (Å²) in [5, 5.41) is 4.11. The first-order valence-corrected chi connectivity index (χ1v) is 7.97. The molecule has 3 aromatic rings. The van der Waals surface area contributed by atoms with Crippen LogP contribution in [0.2, 0.25) is 0 Å². The van der Waals surface area contributed by atoms with Crippen molar-refractivity contribution in [3.8, 4) is 11.5 Å². The topological polar surface area (TPSA) is 82.2 Å². The average molecular weight is 303 g/mol. The smallest absolute Gasteiger partial charge is 0.228 e. The van der Waals surface area contributed by atoms with Gasteiger partial charge in [0.25, 0.3) is 0 Å². The van der Waals surface area contributed by atoms with E-state index < -0.39 is 0 Å². The van der Waals surface area contributed by atoms with Crippen molar-refractivity contribution in [3.05, 3.63) is 22.7 Å². The molecule has 7 heteroatoms. The van der Waals surface area contributed by atoms with Crippen molar-refractivity contribution in [2.45, 2.75) is 39.2 Å². The van der Waals surface area contributed by atoms with Crippen molar-refractivity contribution in [2.75, 3.05) is 0 Å². The molecule has 0 radical (unpaired) electrons. The largest absolute Gasteiger partial charge is 0.339 e. The highest BCUT2D eigenvalue weighted by Crippen LogP contribution is 2.33. The summed E-state index contributed by atoms with van der Waals surface area (Å²) < 4.78 is 7.40. The maximum atomic E-state index is 6.12. The summed E-state index contributed by atoms with van der Waals surface area (Å²) in [4.78, 5) is 11.2. The van der Waals surface area contributed by atoms with Gasteiger partial charge < -0.3 is 10.3 Å². The number of thiazole rings is 1. The molecular formula is C14H17N5OS. The molecule has 1 atom stereocenters. The summed E-state index contributed by atoms with van der Waals surface area (Å²) in [5.74, 6) is 1.84. The van der Waals surface area contributed by atoms with Crippen LogP contribution in [0.5, 0.6) is 0 Å². The van der Waals surface area contributed by atoms with Gasteiger partial charge in [-0.1, -0.05) is 5.16 Å². The summed E-state index contributed by atoms with van der Waals surface area (Å²) in [7, 11) is 0. The zero-order valence-electron chi connectivity index (χ0n) is 12.0. The van der Waals surface area contributed by atoms with E-state index in [-0.39, 0.29) is 6.04 Å². The van der Waals surface area contributed by atoms with Crippen LogP contribution in [0.15, 0.2) is 10.7 Å². The molecule has 1 aliphatic carbocycles. The highest BCUT2D eigenvalue weighted by Gasteiger charge is 2.30. The minimum Gasteiger partial charge on any atom is -0.339 e. The summed E-state index contributed by atoms with van der Waals surface area (Å²) in [6, 6.07) is 0.133. The van der Waals surface area contributed by atoms with E-state index in [0.29, 0.717) is 24.1 Å². The Morgan fingerprint density at radius 3 is 3.00 bits per heavy atom. The van der Waals surface area contributed by atoms with Crippen LogP contribution in [0.1, 0.15) is 29.3 Å². The normalized spacial score (nSPS) is 16.7. The van der Waals surface area contributed by atoms with Gasteiger partial charge in [0.05, 0.1) is 5.69 Å². The molecule has 0 aliphatic heterocycles. The van der Waals surface area contributed by atoms with Crippen molar-refractivity contribution in [1.82, 2.24) is 19.5 Å². The van der Waals surface area contributed by atoms with Gasteiger partial charge in [-0.3, -0.25) is 4.40 Å². The van der Waals surface area contributed by atoms with E-state index in [1.54, 1.807) is 11.3 Å². The second-order valence-electron chi connectivity index (χ2n) is 5.76. The Bertz CT molecular complexity index is 798. The van der Waals surface area contributed by atoms with Crippen molar-refractivity contribution >= 4 is 16.3 Å². The molecule has 1 fully saturated rings. The van der Waals surface area contributed by atoms with Gasteiger partial charge in [0.2, 0.25) is 11.7 Å². The van der Waals surface area contributed by atoms with Gasteiger partial charge in [-0.25, -0.2) is 4.98 Å². The molecule has 3 heterocycles. The van der Waals surface area contributed by atoms with E-state index >= 15 is 0 Å². The van der Waals surface area contributed by atoms with E-state index in [2.05, 4.69) is 28.2 Å². The molecule has 1 aliphatic rings. The van der Waals surface area contributed by atoms with Crippen LogP contribution in [0.25, 0.3) is 16.5 Å². The van der Waals surface area contributed by atoms with E-state index in [9.17, 15) is 0 Å². The van der Waals surface area contributed by atoms with Crippen LogP contribution >= 0.6 is 11.3 Å². The number of aryl methyl sites for hydroxylation is 2. The Kier molecular flexibility index (Phi) is 2.87. The summed E-state index contributed by atoms with van der Waals surface area (Å²) in [6.07, 6.45) is 5.15. The first-order chi connectivity index (χ1) is 10.1. The quantitative estimate of drug-likeness (QED) is 0.800. The van der Waals surface area contributed by atoms with Crippen LogP contribution in [0.3, 0.4) is 0 Å². The molecule has 1 unspecified atom stereocenters. The maximum absolute atomic E-state index is 6.12. The van der Waals surface area contributed by atoms with Crippen LogP contribution in [-0.4, -0.2) is 25.6 Å². The Morgan fingerprint density at radius 1 is 1.43 bits per heavy atom.